The van der Waals surface area contributed by atoms with Crippen LogP contribution in [0.5, 0.6) is 0 Å². The fraction of sp³-hybridized carbons (Fsp3) is 0.333. The third-order valence-corrected chi connectivity index (χ3v) is 3.16. The van der Waals surface area contributed by atoms with Crippen molar-refractivity contribution < 1.29 is 4.74 Å². The molecule has 0 radical (unpaired) electrons. The molecular weight excluding hydrogens is 284 g/mol. The van der Waals surface area contributed by atoms with Gasteiger partial charge in [0.25, 0.3) is 0 Å². The number of hydrogen-bond acceptors (Lipinski definition) is 3. The Balaban J connectivity index is 1.95. The van der Waals surface area contributed by atoms with Gasteiger partial charge >= 0.3 is 0 Å². The van der Waals surface area contributed by atoms with Crippen molar-refractivity contribution in [3.63, 3.8) is 0 Å². The van der Waals surface area contributed by atoms with Crippen LogP contribution in [-0.4, -0.2) is 21.5 Å². The van der Waals surface area contributed by atoms with Gasteiger partial charge in [-0.3, -0.25) is 0 Å². The summed E-state index contributed by atoms with van der Waals surface area (Å²) in [5.74, 6) is 0. The van der Waals surface area contributed by atoms with E-state index in [0.717, 1.165) is 16.9 Å². The lowest BCUT2D eigenvalue weighted by atomic mass is 10.1. The standard InChI is InChI=1S/C15H20N4OS/c1-4-20-10-19-9-13(8-16-19)17-15(21)18-14-7-11(2)5-6-12(14)3/h5-9H,4,10H2,1-3H3,(H2,17,18,21). The molecular formula is C15H20N4OS. The van der Waals surface area contributed by atoms with Crippen LogP contribution in [0.4, 0.5) is 11.4 Å². The third kappa shape index (κ3) is 4.54. The molecule has 2 rings (SSSR count). The van der Waals surface area contributed by atoms with Gasteiger partial charge in [-0.1, -0.05) is 12.1 Å². The van der Waals surface area contributed by atoms with E-state index < -0.39 is 0 Å². The average molecular weight is 304 g/mol. The van der Waals surface area contributed by atoms with Crippen LogP contribution in [0.15, 0.2) is 30.6 Å². The molecule has 1 aromatic heterocycles. The molecule has 2 aromatic rings. The van der Waals surface area contributed by atoms with E-state index in [9.17, 15) is 0 Å². The number of aromatic nitrogens is 2. The molecule has 0 bridgehead atoms. The quantitative estimate of drug-likeness (QED) is 0.830. The summed E-state index contributed by atoms with van der Waals surface area (Å²) < 4.78 is 7.00. The zero-order valence-electron chi connectivity index (χ0n) is 12.5. The number of nitrogens with one attached hydrogen (secondary N) is 2. The van der Waals surface area contributed by atoms with E-state index in [-0.39, 0.29) is 0 Å². The van der Waals surface area contributed by atoms with Gasteiger partial charge < -0.3 is 15.4 Å². The van der Waals surface area contributed by atoms with Crippen LogP contribution in [0.3, 0.4) is 0 Å². The van der Waals surface area contributed by atoms with Crippen LogP contribution in [0, 0.1) is 13.8 Å². The first-order valence-corrected chi connectivity index (χ1v) is 7.24. The zero-order valence-corrected chi connectivity index (χ0v) is 13.3. The molecule has 0 aliphatic carbocycles. The zero-order chi connectivity index (χ0) is 15.2. The highest BCUT2D eigenvalue weighted by Gasteiger charge is 2.04. The Bertz CT molecular complexity index is 624. The smallest absolute Gasteiger partial charge is 0.175 e. The third-order valence-electron chi connectivity index (χ3n) is 2.96. The Hall–Kier alpha value is -1.92. The highest BCUT2D eigenvalue weighted by molar-refractivity contribution is 7.80. The van der Waals surface area contributed by atoms with E-state index in [1.807, 2.05) is 20.0 Å². The van der Waals surface area contributed by atoms with Crippen molar-refractivity contribution in [1.82, 2.24) is 9.78 Å². The molecule has 0 atom stereocenters. The molecule has 0 saturated heterocycles. The predicted octanol–water partition coefficient (Wildman–Crippen LogP) is 3.30. The lowest BCUT2D eigenvalue weighted by Crippen LogP contribution is -2.19. The number of nitrogens with zero attached hydrogens (tertiary/aromatic N) is 2. The van der Waals surface area contributed by atoms with Gasteiger partial charge in [0.2, 0.25) is 0 Å². The largest absolute Gasteiger partial charge is 0.360 e. The van der Waals surface area contributed by atoms with E-state index >= 15 is 0 Å². The van der Waals surface area contributed by atoms with E-state index in [0.29, 0.717) is 18.5 Å². The van der Waals surface area contributed by atoms with Crippen LogP contribution in [0.1, 0.15) is 18.1 Å². The maximum absolute atomic E-state index is 5.33. The van der Waals surface area contributed by atoms with Gasteiger partial charge in [0.05, 0.1) is 18.1 Å². The van der Waals surface area contributed by atoms with Gasteiger partial charge in [0, 0.05) is 12.3 Å². The number of aryl methyl sites for hydroxylation is 2. The predicted molar refractivity (Wildman–Crippen MR) is 89.6 cm³/mol. The fourth-order valence-electron chi connectivity index (χ4n) is 1.84. The number of benzene rings is 1. The SMILES string of the molecule is CCOCn1cc(NC(=S)Nc2cc(C)ccc2C)cn1. The Morgan fingerprint density at radius 1 is 1.33 bits per heavy atom. The van der Waals surface area contributed by atoms with Gasteiger partial charge in [-0.05, 0) is 50.2 Å². The van der Waals surface area contributed by atoms with Gasteiger partial charge in [-0.2, -0.15) is 5.10 Å². The highest BCUT2D eigenvalue weighted by Crippen LogP contribution is 2.17. The first kappa shape index (κ1) is 15.5. The van der Waals surface area contributed by atoms with Crippen molar-refractivity contribution in [1.29, 1.82) is 0 Å². The van der Waals surface area contributed by atoms with Crippen molar-refractivity contribution in [3.8, 4) is 0 Å². The molecule has 112 valence electrons. The fourth-order valence-corrected chi connectivity index (χ4v) is 2.07. The minimum Gasteiger partial charge on any atom is -0.360 e. The van der Waals surface area contributed by atoms with Crippen LogP contribution in [0.2, 0.25) is 0 Å². The topological polar surface area (TPSA) is 51.1 Å². The molecule has 0 saturated carbocycles. The Morgan fingerprint density at radius 3 is 2.90 bits per heavy atom. The van der Waals surface area contributed by atoms with E-state index in [1.165, 1.54) is 5.56 Å². The monoisotopic (exact) mass is 304 g/mol. The normalized spacial score (nSPS) is 10.4. The van der Waals surface area contributed by atoms with E-state index in [2.05, 4.69) is 40.9 Å². The maximum Gasteiger partial charge on any atom is 0.175 e. The van der Waals surface area contributed by atoms with Gasteiger partial charge in [0.1, 0.15) is 6.73 Å². The molecule has 6 heteroatoms. The first-order valence-electron chi connectivity index (χ1n) is 6.84. The molecule has 1 aromatic carbocycles. The molecule has 1 heterocycles. The lowest BCUT2D eigenvalue weighted by Gasteiger charge is -2.12. The minimum absolute atomic E-state index is 0.440. The van der Waals surface area contributed by atoms with E-state index in [4.69, 9.17) is 17.0 Å². The highest BCUT2D eigenvalue weighted by atomic mass is 32.1. The summed E-state index contributed by atoms with van der Waals surface area (Å²) in [6.45, 7) is 7.15. The maximum atomic E-state index is 5.33. The molecule has 0 aliphatic rings. The lowest BCUT2D eigenvalue weighted by molar-refractivity contribution is 0.0792. The van der Waals surface area contributed by atoms with Gasteiger partial charge in [-0.25, -0.2) is 4.68 Å². The molecule has 0 spiro atoms. The second kappa shape index (κ2) is 7.19. The first-order chi connectivity index (χ1) is 10.1. The number of anilines is 2. The van der Waals surface area contributed by atoms with Crippen molar-refractivity contribution in [2.45, 2.75) is 27.5 Å². The molecule has 0 unspecified atom stereocenters. The van der Waals surface area contributed by atoms with Crippen LogP contribution >= 0.6 is 12.2 Å². The van der Waals surface area contributed by atoms with Crippen molar-refractivity contribution in [2.75, 3.05) is 17.2 Å². The molecule has 0 amide bonds. The van der Waals surface area contributed by atoms with Gasteiger partial charge in [-0.15, -0.1) is 0 Å². The van der Waals surface area contributed by atoms with Crippen LogP contribution in [0.25, 0.3) is 0 Å². The number of hydrogen-bond donors (Lipinski definition) is 2. The van der Waals surface area contributed by atoms with Crippen LogP contribution < -0.4 is 10.6 Å². The molecule has 0 aliphatic heterocycles. The minimum atomic E-state index is 0.440. The number of rotatable bonds is 5. The summed E-state index contributed by atoms with van der Waals surface area (Å²) in [7, 11) is 0. The number of thiocarbonyl (C=S) groups is 1. The second-order valence-corrected chi connectivity index (χ2v) is 5.20. The van der Waals surface area contributed by atoms with Crippen molar-refractivity contribution in [2.24, 2.45) is 0 Å². The van der Waals surface area contributed by atoms with Gasteiger partial charge in [0.15, 0.2) is 5.11 Å². The Labute approximate surface area is 130 Å². The van der Waals surface area contributed by atoms with Crippen LogP contribution in [-0.2, 0) is 11.5 Å². The summed E-state index contributed by atoms with van der Waals surface area (Å²) in [5, 5.41) is 11.0. The Kier molecular flexibility index (Phi) is 5.30. The van der Waals surface area contributed by atoms with Crippen molar-refractivity contribution >= 4 is 28.7 Å². The molecule has 5 nitrogen and oxygen atoms in total. The Morgan fingerprint density at radius 2 is 2.14 bits per heavy atom. The molecule has 21 heavy (non-hydrogen) atoms. The van der Waals surface area contributed by atoms with E-state index in [1.54, 1.807) is 10.9 Å². The molecule has 0 fully saturated rings. The summed E-state index contributed by atoms with van der Waals surface area (Å²) in [6, 6.07) is 6.22. The summed E-state index contributed by atoms with van der Waals surface area (Å²) in [5.41, 5.74) is 4.18. The summed E-state index contributed by atoms with van der Waals surface area (Å²) in [6.07, 6.45) is 3.57. The summed E-state index contributed by atoms with van der Waals surface area (Å²) >= 11 is 5.33. The second-order valence-electron chi connectivity index (χ2n) is 4.79. The average Bonchev–Trinajstić information content (AvgIpc) is 2.88. The summed E-state index contributed by atoms with van der Waals surface area (Å²) in [4.78, 5) is 0. The number of ether oxygens (including phenoxy) is 1. The molecule has 2 N–H and O–H groups in total. The van der Waals surface area contributed by atoms with Crippen molar-refractivity contribution in [3.05, 3.63) is 41.7 Å².